The predicted molar refractivity (Wildman–Crippen MR) is 142 cm³/mol. The van der Waals surface area contributed by atoms with Crippen LogP contribution in [0.3, 0.4) is 0 Å². The molecular formula is C24H23N3O3S4. The summed E-state index contributed by atoms with van der Waals surface area (Å²) in [5.41, 5.74) is 2.21. The Labute approximate surface area is 215 Å². The van der Waals surface area contributed by atoms with Crippen molar-refractivity contribution in [2.75, 3.05) is 31.1 Å². The highest BCUT2D eigenvalue weighted by Crippen LogP contribution is 2.23. The number of hydrogen-bond acceptors (Lipinski definition) is 8. The van der Waals surface area contributed by atoms with Crippen LogP contribution in [-0.4, -0.2) is 62.5 Å². The molecule has 1 aromatic carbocycles. The van der Waals surface area contributed by atoms with E-state index < -0.39 is 5.97 Å². The number of carbonyl (C=O) groups excluding carboxylic acids is 1. The summed E-state index contributed by atoms with van der Waals surface area (Å²) in [6, 6.07) is 11.7. The molecule has 3 aromatic rings. The first-order chi connectivity index (χ1) is 16.6. The van der Waals surface area contributed by atoms with Gasteiger partial charge in [0.15, 0.2) is 5.01 Å². The molecule has 1 N–H and O–H groups in total. The Bertz CT molecular complexity index is 1180. The molecule has 0 spiro atoms. The number of benzene rings is 1. The smallest absolute Gasteiger partial charge is 0.345 e. The van der Waals surface area contributed by atoms with Crippen molar-refractivity contribution in [2.45, 2.75) is 12.2 Å². The maximum Gasteiger partial charge on any atom is 0.345 e. The van der Waals surface area contributed by atoms with Gasteiger partial charge in [0.2, 0.25) is 0 Å². The molecule has 1 aliphatic heterocycles. The topological polar surface area (TPSA) is 73.7 Å². The first-order valence-electron chi connectivity index (χ1n) is 10.7. The van der Waals surface area contributed by atoms with E-state index in [-0.39, 0.29) is 5.24 Å². The van der Waals surface area contributed by atoms with Crippen LogP contribution in [0, 0.1) is 11.8 Å². The van der Waals surface area contributed by atoms with Gasteiger partial charge in [0.25, 0.3) is 5.24 Å². The van der Waals surface area contributed by atoms with Crippen LogP contribution in [0.2, 0.25) is 0 Å². The number of carboxylic acids is 1. The van der Waals surface area contributed by atoms with E-state index in [0.717, 1.165) is 45.8 Å². The number of amides is 1. The first kappa shape index (κ1) is 24.8. The van der Waals surface area contributed by atoms with Crippen LogP contribution in [0.4, 0.5) is 4.79 Å². The van der Waals surface area contributed by atoms with Crippen LogP contribution in [0.5, 0.6) is 0 Å². The second kappa shape index (κ2) is 12.4. The first-order valence-corrected chi connectivity index (χ1v) is 14.5. The van der Waals surface area contributed by atoms with E-state index in [1.165, 1.54) is 40.0 Å². The van der Waals surface area contributed by atoms with Crippen molar-refractivity contribution >= 4 is 57.4 Å². The number of hydrogen-bond donors (Lipinski definition) is 1. The Kier molecular flexibility index (Phi) is 9.07. The normalized spacial score (nSPS) is 14.1. The SMILES string of the molecule is O=C(O)c1ccc(CCN2C(=O)SCCN2CCSCc2cccc(C#Cc3nccs3)c2)s1. The Morgan fingerprint density at radius 2 is 2.12 bits per heavy atom. The minimum Gasteiger partial charge on any atom is -0.477 e. The van der Waals surface area contributed by atoms with Crippen molar-refractivity contribution < 1.29 is 14.7 Å². The highest BCUT2D eigenvalue weighted by Gasteiger charge is 2.26. The summed E-state index contributed by atoms with van der Waals surface area (Å²) in [4.78, 5) is 29.1. The molecule has 3 heterocycles. The molecule has 176 valence electrons. The zero-order valence-electron chi connectivity index (χ0n) is 18.3. The highest BCUT2D eigenvalue weighted by molar-refractivity contribution is 8.13. The van der Waals surface area contributed by atoms with Gasteiger partial charge >= 0.3 is 5.97 Å². The van der Waals surface area contributed by atoms with E-state index in [2.05, 4.69) is 34.0 Å². The van der Waals surface area contributed by atoms with Crippen LogP contribution in [0.25, 0.3) is 0 Å². The number of rotatable bonds is 9. The van der Waals surface area contributed by atoms with Gasteiger partial charge in [-0.3, -0.25) is 9.80 Å². The molecule has 0 unspecified atom stereocenters. The summed E-state index contributed by atoms with van der Waals surface area (Å²) in [6.07, 6.45) is 2.41. The fourth-order valence-corrected chi connectivity index (χ4v) is 6.42. The molecule has 0 atom stereocenters. The van der Waals surface area contributed by atoms with Crippen LogP contribution in [0.15, 0.2) is 48.0 Å². The molecule has 1 saturated heterocycles. The van der Waals surface area contributed by atoms with E-state index in [9.17, 15) is 9.59 Å². The van der Waals surface area contributed by atoms with Gasteiger partial charge in [-0.25, -0.2) is 14.8 Å². The minimum absolute atomic E-state index is 0.0674. The molecule has 4 rings (SSSR count). The molecule has 10 heteroatoms. The zero-order chi connectivity index (χ0) is 23.8. The lowest BCUT2D eigenvalue weighted by Crippen LogP contribution is -2.51. The molecule has 0 radical (unpaired) electrons. The van der Waals surface area contributed by atoms with Crippen molar-refractivity contribution in [1.82, 2.24) is 15.0 Å². The monoisotopic (exact) mass is 529 g/mol. The maximum atomic E-state index is 12.5. The average molecular weight is 530 g/mol. The van der Waals surface area contributed by atoms with Gasteiger partial charge in [0.05, 0.1) is 0 Å². The lowest BCUT2D eigenvalue weighted by atomic mass is 10.1. The summed E-state index contributed by atoms with van der Waals surface area (Å²) in [7, 11) is 0. The molecule has 0 bridgehead atoms. The number of carbonyl (C=O) groups is 2. The molecule has 0 saturated carbocycles. The molecule has 34 heavy (non-hydrogen) atoms. The molecule has 1 aliphatic rings. The van der Waals surface area contributed by atoms with Crippen molar-refractivity contribution in [3.8, 4) is 11.8 Å². The highest BCUT2D eigenvalue weighted by atomic mass is 32.2. The number of thioether (sulfide) groups is 2. The number of aromatic carboxylic acids is 1. The molecule has 6 nitrogen and oxygen atoms in total. The zero-order valence-corrected chi connectivity index (χ0v) is 21.6. The van der Waals surface area contributed by atoms with Gasteiger partial charge < -0.3 is 5.11 Å². The van der Waals surface area contributed by atoms with Crippen LogP contribution in [0.1, 0.15) is 30.7 Å². The van der Waals surface area contributed by atoms with Gasteiger partial charge in [-0.15, -0.1) is 22.7 Å². The van der Waals surface area contributed by atoms with Crippen LogP contribution in [-0.2, 0) is 12.2 Å². The Balaban J connectivity index is 1.26. The second-order valence-electron chi connectivity index (χ2n) is 7.35. The summed E-state index contributed by atoms with van der Waals surface area (Å²) >= 11 is 6.00. The number of carboxylic acid groups (broad SMARTS) is 1. The van der Waals surface area contributed by atoms with Gasteiger partial charge in [-0.2, -0.15) is 11.8 Å². The van der Waals surface area contributed by atoms with Crippen LogP contribution >= 0.6 is 46.2 Å². The number of hydrazine groups is 1. The number of nitrogens with zero attached hydrogens (tertiary/aromatic N) is 3. The average Bonchev–Trinajstić information content (AvgIpc) is 3.53. The van der Waals surface area contributed by atoms with E-state index in [0.29, 0.717) is 17.8 Å². The fourth-order valence-electron chi connectivity index (χ4n) is 3.37. The van der Waals surface area contributed by atoms with Gasteiger partial charge in [0, 0.05) is 65.3 Å². The van der Waals surface area contributed by atoms with Crippen molar-refractivity contribution in [1.29, 1.82) is 0 Å². The Morgan fingerprint density at radius 1 is 1.21 bits per heavy atom. The molecule has 1 fully saturated rings. The predicted octanol–water partition coefficient (Wildman–Crippen LogP) is 5.16. The number of aromatic nitrogens is 1. The van der Waals surface area contributed by atoms with E-state index in [4.69, 9.17) is 5.11 Å². The summed E-state index contributed by atoms with van der Waals surface area (Å²) in [6.45, 7) is 2.20. The fraction of sp³-hybridized carbons (Fsp3) is 0.292. The summed E-state index contributed by atoms with van der Waals surface area (Å²) in [5.74, 6) is 7.95. The molecular weight excluding hydrogens is 507 g/mol. The Hall–Kier alpha value is -2.29. The Morgan fingerprint density at radius 3 is 2.91 bits per heavy atom. The third kappa shape index (κ3) is 7.10. The van der Waals surface area contributed by atoms with Gasteiger partial charge in [-0.1, -0.05) is 29.8 Å². The van der Waals surface area contributed by atoms with Crippen molar-refractivity contribution in [3.05, 3.63) is 73.9 Å². The largest absolute Gasteiger partial charge is 0.477 e. The quantitative estimate of drug-likeness (QED) is 0.303. The third-order valence-electron chi connectivity index (χ3n) is 5.01. The third-order valence-corrected chi connectivity index (χ3v) is 8.68. The van der Waals surface area contributed by atoms with Crippen LogP contribution < -0.4 is 0 Å². The number of thiazole rings is 1. The standard InChI is InChI=1S/C24H23N3O3S4/c28-23(29)21-6-5-20(34-21)8-10-27-24(30)33-15-12-26(27)11-14-31-17-19-3-1-2-18(16-19)4-7-22-25-9-13-32-22/h1-3,5-6,9,13,16H,8,10-12,14-15,17H2,(H,28,29). The van der Waals surface area contributed by atoms with Gasteiger partial charge in [-0.05, 0) is 35.7 Å². The lowest BCUT2D eigenvalue weighted by Gasteiger charge is -2.37. The van der Waals surface area contributed by atoms with Crippen molar-refractivity contribution in [3.63, 3.8) is 0 Å². The number of thiophene rings is 1. The van der Waals surface area contributed by atoms with Crippen molar-refractivity contribution in [2.24, 2.45) is 0 Å². The second-order valence-corrected chi connectivity index (χ2v) is 11.6. The molecule has 1 amide bonds. The maximum absolute atomic E-state index is 12.5. The summed E-state index contributed by atoms with van der Waals surface area (Å²) < 4.78 is 0. The molecule has 0 aliphatic carbocycles. The van der Waals surface area contributed by atoms with E-state index in [1.807, 2.05) is 40.3 Å². The van der Waals surface area contributed by atoms with Gasteiger partial charge in [0.1, 0.15) is 4.88 Å². The molecule has 2 aromatic heterocycles. The summed E-state index contributed by atoms with van der Waals surface area (Å²) in [5, 5.41) is 15.9. The van der Waals surface area contributed by atoms with E-state index >= 15 is 0 Å². The lowest BCUT2D eigenvalue weighted by molar-refractivity contribution is 0.0349. The minimum atomic E-state index is -0.906. The van der Waals surface area contributed by atoms with E-state index in [1.54, 1.807) is 12.3 Å².